The van der Waals surface area contributed by atoms with Gasteiger partial charge in [-0.2, -0.15) is 0 Å². The number of amides is 1. The smallest absolute Gasteiger partial charge is 0.295 e. The molecular formula is C30H40N2O6. The summed E-state index contributed by atoms with van der Waals surface area (Å²) in [6.07, 6.45) is 2.60. The van der Waals surface area contributed by atoms with Crippen molar-refractivity contribution >= 4 is 17.4 Å². The Kier molecular flexibility index (Phi) is 10.6. The van der Waals surface area contributed by atoms with E-state index in [1.54, 1.807) is 29.2 Å². The number of hydrogen-bond acceptors (Lipinski definition) is 7. The predicted molar refractivity (Wildman–Crippen MR) is 148 cm³/mol. The van der Waals surface area contributed by atoms with Gasteiger partial charge in [-0.15, -0.1) is 0 Å². The lowest BCUT2D eigenvalue weighted by atomic mass is 9.95. The molecule has 8 nitrogen and oxygen atoms in total. The number of benzene rings is 2. The third-order valence-electron chi connectivity index (χ3n) is 6.32. The highest BCUT2D eigenvalue weighted by atomic mass is 16.5. The zero-order valence-electron chi connectivity index (χ0n) is 23.2. The molecule has 8 heteroatoms. The summed E-state index contributed by atoms with van der Waals surface area (Å²) in [4.78, 5) is 30.2. The molecule has 38 heavy (non-hydrogen) atoms. The van der Waals surface area contributed by atoms with Gasteiger partial charge in [0, 0.05) is 12.1 Å². The molecule has 0 spiro atoms. The van der Waals surface area contributed by atoms with Crippen LogP contribution in [0.3, 0.4) is 0 Å². The van der Waals surface area contributed by atoms with Gasteiger partial charge in [-0.05, 0) is 89.3 Å². The molecule has 3 rings (SSSR count). The first-order valence-corrected chi connectivity index (χ1v) is 13.4. The van der Waals surface area contributed by atoms with E-state index in [-0.39, 0.29) is 11.3 Å². The largest absolute Gasteiger partial charge is 0.507 e. The summed E-state index contributed by atoms with van der Waals surface area (Å²) in [6.45, 7) is 8.52. The highest BCUT2D eigenvalue weighted by molar-refractivity contribution is 6.46. The summed E-state index contributed by atoms with van der Waals surface area (Å²) in [5.74, 6) is 0.272. The van der Waals surface area contributed by atoms with Gasteiger partial charge in [0.05, 0.1) is 31.4 Å². The molecule has 0 aromatic heterocycles. The van der Waals surface area contributed by atoms with Crippen LogP contribution in [0.2, 0.25) is 0 Å². The van der Waals surface area contributed by atoms with Crippen molar-refractivity contribution in [1.29, 1.82) is 0 Å². The summed E-state index contributed by atoms with van der Waals surface area (Å²) in [5, 5.41) is 11.3. The summed E-state index contributed by atoms with van der Waals surface area (Å²) in [5.41, 5.74) is 1.17. The SMILES string of the molecule is CCCCOc1ccc(C2/C(=C(\O)c3ccc(OCC)cc3)C(=O)C(=O)N2CCCN(C)C)cc1OCC. The number of likely N-dealkylation sites (tertiary alicyclic amines) is 1. The number of Topliss-reactive ketones (excluding diaryl/α,β-unsaturated/α-hetero) is 1. The summed E-state index contributed by atoms with van der Waals surface area (Å²) in [7, 11) is 3.92. The minimum atomic E-state index is -0.757. The van der Waals surface area contributed by atoms with Crippen LogP contribution < -0.4 is 14.2 Å². The van der Waals surface area contributed by atoms with Crippen molar-refractivity contribution < 1.29 is 28.9 Å². The van der Waals surface area contributed by atoms with E-state index in [9.17, 15) is 14.7 Å². The highest BCUT2D eigenvalue weighted by Gasteiger charge is 2.46. The molecule has 1 heterocycles. The van der Waals surface area contributed by atoms with Crippen molar-refractivity contribution in [2.75, 3.05) is 47.0 Å². The second-order valence-electron chi connectivity index (χ2n) is 9.45. The third kappa shape index (κ3) is 6.86. The Morgan fingerprint density at radius 3 is 2.26 bits per heavy atom. The van der Waals surface area contributed by atoms with Gasteiger partial charge in [-0.1, -0.05) is 19.4 Å². The number of aliphatic hydroxyl groups is 1. The molecular weight excluding hydrogens is 484 g/mol. The van der Waals surface area contributed by atoms with Crippen LogP contribution >= 0.6 is 0 Å². The molecule has 1 fully saturated rings. The van der Waals surface area contributed by atoms with Gasteiger partial charge in [-0.25, -0.2) is 0 Å². The molecule has 2 aromatic rings. The molecule has 1 aliphatic heterocycles. The zero-order chi connectivity index (χ0) is 27.7. The van der Waals surface area contributed by atoms with Crippen LogP contribution in [0.1, 0.15) is 57.2 Å². The first-order valence-electron chi connectivity index (χ1n) is 13.4. The molecule has 206 valence electrons. The minimum absolute atomic E-state index is 0.0612. The second-order valence-corrected chi connectivity index (χ2v) is 9.45. The quantitative estimate of drug-likeness (QED) is 0.160. The fraction of sp³-hybridized carbons (Fsp3) is 0.467. The van der Waals surface area contributed by atoms with E-state index in [4.69, 9.17) is 14.2 Å². The average Bonchev–Trinajstić information content (AvgIpc) is 3.15. The van der Waals surface area contributed by atoms with E-state index in [2.05, 4.69) is 6.92 Å². The molecule has 0 aliphatic carbocycles. The van der Waals surface area contributed by atoms with Crippen LogP contribution in [-0.2, 0) is 9.59 Å². The normalized spacial score (nSPS) is 16.8. The van der Waals surface area contributed by atoms with Crippen LogP contribution in [-0.4, -0.2) is 73.6 Å². The van der Waals surface area contributed by atoms with E-state index in [1.165, 1.54) is 0 Å². The van der Waals surface area contributed by atoms with Crippen LogP contribution in [0.4, 0.5) is 0 Å². The summed E-state index contributed by atoms with van der Waals surface area (Å²) < 4.78 is 17.3. The monoisotopic (exact) mass is 524 g/mol. The van der Waals surface area contributed by atoms with E-state index in [0.717, 1.165) is 19.4 Å². The Labute approximate surface area is 225 Å². The van der Waals surface area contributed by atoms with Gasteiger partial charge in [0.2, 0.25) is 0 Å². The maximum Gasteiger partial charge on any atom is 0.295 e. The lowest BCUT2D eigenvalue weighted by Crippen LogP contribution is -2.32. The number of carbonyl (C=O) groups excluding carboxylic acids is 2. The van der Waals surface area contributed by atoms with Crippen molar-refractivity contribution in [3.8, 4) is 17.2 Å². The molecule has 0 bridgehead atoms. The van der Waals surface area contributed by atoms with Gasteiger partial charge in [0.25, 0.3) is 11.7 Å². The van der Waals surface area contributed by atoms with Crippen LogP contribution in [0.25, 0.3) is 5.76 Å². The average molecular weight is 525 g/mol. The number of carbonyl (C=O) groups is 2. The summed E-state index contributed by atoms with van der Waals surface area (Å²) >= 11 is 0. The molecule has 1 amide bonds. The molecule has 2 aromatic carbocycles. The van der Waals surface area contributed by atoms with Crippen molar-refractivity contribution in [2.24, 2.45) is 0 Å². The molecule has 1 N–H and O–H groups in total. The molecule has 1 saturated heterocycles. The van der Waals surface area contributed by atoms with Crippen molar-refractivity contribution in [1.82, 2.24) is 9.80 Å². The van der Waals surface area contributed by atoms with Gasteiger partial charge in [0.15, 0.2) is 11.5 Å². The molecule has 1 unspecified atom stereocenters. The Hall–Kier alpha value is -3.52. The Morgan fingerprint density at radius 1 is 0.921 bits per heavy atom. The first-order chi connectivity index (χ1) is 18.3. The molecule has 1 aliphatic rings. The number of ether oxygens (including phenoxy) is 3. The summed E-state index contributed by atoms with van der Waals surface area (Å²) in [6, 6.07) is 11.5. The highest BCUT2D eigenvalue weighted by Crippen LogP contribution is 2.42. The standard InChI is InChI=1S/C30H40N2O6/c1-6-9-19-38-24-16-13-22(20-25(24)37-8-3)27-26(28(33)21-11-14-23(15-12-21)36-7-2)29(34)30(35)32(27)18-10-17-31(4)5/h11-16,20,27,33H,6-10,17-19H2,1-5H3/b28-26+. The Morgan fingerprint density at radius 2 is 1.63 bits per heavy atom. The maximum atomic E-state index is 13.3. The topological polar surface area (TPSA) is 88.5 Å². The number of rotatable bonds is 14. The van der Waals surface area contributed by atoms with E-state index < -0.39 is 17.7 Å². The van der Waals surface area contributed by atoms with Gasteiger partial charge in [-0.3, -0.25) is 9.59 Å². The van der Waals surface area contributed by atoms with E-state index >= 15 is 0 Å². The Bertz CT molecular complexity index is 1130. The lowest BCUT2D eigenvalue weighted by Gasteiger charge is -2.26. The van der Waals surface area contributed by atoms with Gasteiger partial charge in [0.1, 0.15) is 11.5 Å². The minimum Gasteiger partial charge on any atom is -0.507 e. The van der Waals surface area contributed by atoms with Crippen LogP contribution in [0, 0.1) is 0 Å². The fourth-order valence-corrected chi connectivity index (χ4v) is 4.45. The van der Waals surface area contributed by atoms with Crippen molar-refractivity contribution in [3.63, 3.8) is 0 Å². The fourth-order valence-electron chi connectivity index (χ4n) is 4.45. The molecule has 1 atom stereocenters. The van der Waals surface area contributed by atoms with Gasteiger partial charge >= 0.3 is 0 Å². The maximum absolute atomic E-state index is 13.3. The predicted octanol–water partition coefficient (Wildman–Crippen LogP) is 5.04. The number of unbranched alkanes of at least 4 members (excludes halogenated alkanes) is 1. The zero-order valence-corrected chi connectivity index (χ0v) is 23.2. The van der Waals surface area contributed by atoms with Gasteiger partial charge < -0.3 is 29.1 Å². The number of hydrogen-bond donors (Lipinski definition) is 1. The van der Waals surface area contributed by atoms with E-state index in [1.807, 2.05) is 51.0 Å². The first kappa shape index (κ1) is 29.0. The van der Waals surface area contributed by atoms with Crippen LogP contribution in [0.5, 0.6) is 17.2 Å². The second kappa shape index (κ2) is 13.9. The van der Waals surface area contributed by atoms with Crippen LogP contribution in [0.15, 0.2) is 48.0 Å². The third-order valence-corrected chi connectivity index (χ3v) is 6.32. The Balaban J connectivity index is 2.08. The van der Waals surface area contributed by atoms with Crippen molar-refractivity contribution in [2.45, 2.75) is 46.1 Å². The van der Waals surface area contributed by atoms with Crippen molar-refractivity contribution in [3.05, 3.63) is 59.2 Å². The molecule has 0 saturated carbocycles. The van der Waals surface area contributed by atoms with E-state index in [0.29, 0.717) is 61.2 Å². The number of aliphatic hydroxyl groups excluding tert-OH is 1. The number of ketones is 1. The number of nitrogens with zero attached hydrogens (tertiary/aromatic N) is 2. The molecule has 0 radical (unpaired) electrons. The lowest BCUT2D eigenvalue weighted by molar-refractivity contribution is -0.139.